The van der Waals surface area contributed by atoms with E-state index in [1.807, 2.05) is 12.1 Å². The zero-order valence-corrected chi connectivity index (χ0v) is 9.21. The van der Waals surface area contributed by atoms with Crippen LogP contribution in [0.2, 0.25) is 0 Å². The number of hydrogen-bond donors (Lipinski definition) is 1. The fourth-order valence-corrected chi connectivity index (χ4v) is 1.24. The van der Waals surface area contributed by atoms with Crippen LogP contribution in [0.15, 0.2) is 24.3 Å². The molecule has 78 valence electrons. The maximum Gasteiger partial charge on any atom is 0.119 e. The molecule has 0 aliphatic rings. The molecule has 0 heterocycles. The minimum absolute atomic E-state index is 0.220. The lowest BCUT2D eigenvalue weighted by Crippen LogP contribution is -2.28. The Balaban J connectivity index is 2.39. The molecule has 1 N–H and O–H groups in total. The maximum atomic E-state index is 5.71. The lowest BCUT2D eigenvalue weighted by atomic mass is 10.2. The van der Waals surface area contributed by atoms with E-state index in [0.717, 1.165) is 18.8 Å². The molecule has 1 aromatic rings. The van der Waals surface area contributed by atoms with Gasteiger partial charge in [-0.1, -0.05) is 24.6 Å². The second-order valence-corrected chi connectivity index (χ2v) is 3.55. The van der Waals surface area contributed by atoms with E-state index in [-0.39, 0.29) is 6.10 Å². The van der Waals surface area contributed by atoms with Crippen molar-refractivity contribution in [2.45, 2.75) is 26.9 Å². The highest BCUT2D eigenvalue weighted by Gasteiger charge is 2.01. The van der Waals surface area contributed by atoms with Gasteiger partial charge in [-0.25, -0.2) is 0 Å². The third-order valence-corrected chi connectivity index (χ3v) is 2.04. The second kappa shape index (κ2) is 5.66. The summed E-state index contributed by atoms with van der Waals surface area (Å²) in [4.78, 5) is 0. The Kier molecular flexibility index (Phi) is 4.47. The van der Waals surface area contributed by atoms with Crippen molar-refractivity contribution < 1.29 is 4.74 Å². The van der Waals surface area contributed by atoms with Crippen LogP contribution in [0.4, 0.5) is 0 Å². The number of rotatable bonds is 5. The normalized spacial score (nSPS) is 12.5. The van der Waals surface area contributed by atoms with E-state index in [0.29, 0.717) is 0 Å². The first kappa shape index (κ1) is 11.1. The molecule has 1 aromatic carbocycles. The van der Waals surface area contributed by atoms with Crippen LogP contribution in [0, 0.1) is 6.92 Å². The molecule has 0 spiro atoms. The summed E-state index contributed by atoms with van der Waals surface area (Å²) in [5.74, 6) is 0.945. The topological polar surface area (TPSA) is 21.3 Å². The van der Waals surface area contributed by atoms with Crippen molar-refractivity contribution in [2.75, 3.05) is 13.1 Å². The van der Waals surface area contributed by atoms with Gasteiger partial charge in [0, 0.05) is 6.54 Å². The van der Waals surface area contributed by atoms with Gasteiger partial charge in [0.25, 0.3) is 0 Å². The maximum absolute atomic E-state index is 5.71. The fraction of sp³-hybridized carbons (Fsp3) is 0.500. The van der Waals surface area contributed by atoms with Crippen LogP contribution < -0.4 is 10.1 Å². The first-order chi connectivity index (χ1) is 6.72. The van der Waals surface area contributed by atoms with Crippen LogP contribution in [0.1, 0.15) is 19.4 Å². The summed E-state index contributed by atoms with van der Waals surface area (Å²) in [6, 6.07) is 8.15. The Morgan fingerprint density at radius 2 is 1.93 bits per heavy atom. The molecular formula is C12H19NO. The molecule has 2 nitrogen and oxygen atoms in total. The molecule has 0 fully saturated rings. The van der Waals surface area contributed by atoms with Gasteiger partial charge in [-0.05, 0) is 32.5 Å². The number of aryl methyl sites for hydroxylation is 1. The molecule has 1 unspecified atom stereocenters. The average molecular weight is 193 g/mol. The Labute approximate surface area is 86.3 Å². The highest BCUT2D eigenvalue weighted by Crippen LogP contribution is 2.12. The van der Waals surface area contributed by atoms with E-state index in [9.17, 15) is 0 Å². The molecule has 2 heteroatoms. The van der Waals surface area contributed by atoms with Gasteiger partial charge in [0.05, 0.1) is 0 Å². The van der Waals surface area contributed by atoms with Crippen molar-refractivity contribution in [2.24, 2.45) is 0 Å². The molecule has 0 bridgehead atoms. The predicted molar refractivity (Wildman–Crippen MR) is 59.8 cm³/mol. The van der Waals surface area contributed by atoms with E-state index < -0.39 is 0 Å². The zero-order valence-electron chi connectivity index (χ0n) is 9.21. The van der Waals surface area contributed by atoms with Gasteiger partial charge in [0.2, 0.25) is 0 Å². The third kappa shape index (κ3) is 3.79. The lowest BCUT2D eigenvalue weighted by Gasteiger charge is -2.14. The molecule has 0 aliphatic heterocycles. The van der Waals surface area contributed by atoms with Crippen molar-refractivity contribution in [1.82, 2.24) is 5.32 Å². The SMILES string of the molecule is CCNCC(C)Oc1ccc(C)cc1. The lowest BCUT2D eigenvalue weighted by molar-refractivity contribution is 0.218. The first-order valence-electron chi connectivity index (χ1n) is 5.16. The average Bonchev–Trinajstić information content (AvgIpc) is 2.18. The largest absolute Gasteiger partial charge is 0.489 e. The molecule has 1 atom stereocenters. The molecule has 1 rings (SSSR count). The number of hydrogen-bond acceptors (Lipinski definition) is 2. The number of likely N-dealkylation sites (N-methyl/N-ethyl adjacent to an activating group) is 1. The second-order valence-electron chi connectivity index (χ2n) is 3.55. The van der Waals surface area contributed by atoms with Crippen LogP contribution in [-0.2, 0) is 0 Å². The standard InChI is InChI=1S/C12H19NO/c1-4-13-9-11(3)14-12-7-5-10(2)6-8-12/h5-8,11,13H,4,9H2,1-3H3. The third-order valence-electron chi connectivity index (χ3n) is 2.04. The van der Waals surface area contributed by atoms with Crippen molar-refractivity contribution in [1.29, 1.82) is 0 Å². The van der Waals surface area contributed by atoms with Crippen LogP contribution in [0.5, 0.6) is 5.75 Å². The van der Waals surface area contributed by atoms with E-state index in [2.05, 4.69) is 38.2 Å². The molecule has 0 aromatic heterocycles. The number of ether oxygens (including phenoxy) is 1. The summed E-state index contributed by atoms with van der Waals surface area (Å²) < 4.78 is 5.71. The minimum Gasteiger partial charge on any atom is -0.489 e. The van der Waals surface area contributed by atoms with Gasteiger partial charge in [-0.3, -0.25) is 0 Å². The molecule has 0 aliphatic carbocycles. The van der Waals surface area contributed by atoms with Crippen molar-refractivity contribution >= 4 is 0 Å². The summed E-state index contributed by atoms with van der Waals surface area (Å²) in [6.07, 6.45) is 0.220. The van der Waals surface area contributed by atoms with Gasteiger partial charge < -0.3 is 10.1 Å². The van der Waals surface area contributed by atoms with Crippen molar-refractivity contribution in [3.05, 3.63) is 29.8 Å². The first-order valence-corrected chi connectivity index (χ1v) is 5.16. The van der Waals surface area contributed by atoms with Crippen LogP contribution in [0.25, 0.3) is 0 Å². The van der Waals surface area contributed by atoms with Crippen molar-refractivity contribution in [3.63, 3.8) is 0 Å². The quantitative estimate of drug-likeness (QED) is 0.775. The Morgan fingerprint density at radius 3 is 2.50 bits per heavy atom. The fourth-order valence-electron chi connectivity index (χ4n) is 1.24. The summed E-state index contributed by atoms with van der Waals surface area (Å²) in [5.41, 5.74) is 1.26. The van der Waals surface area contributed by atoms with Crippen LogP contribution in [0.3, 0.4) is 0 Å². The van der Waals surface area contributed by atoms with E-state index in [4.69, 9.17) is 4.74 Å². The zero-order chi connectivity index (χ0) is 10.4. The van der Waals surface area contributed by atoms with Crippen LogP contribution in [-0.4, -0.2) is 19.2 Å². The van der Waals surface area contributed by atoms with Crippen LogP contribution >= 0.6 is 0 Å². The summed E-state index contributed by atoms with van der Waals surface area (Å²) in [7, 11) is 0. The van der Waals surface area contributed by atoms with Gasteiger partial charge in [-0.15, -0.1) is 0 Å². The molecule has 0 amide bonds. The van der Waals surface area contributed by atoms with Gasteiger partial charge in [0.1, 0.15) is 11.9 Å². The molecular weight excluding hydrogens is 174 g/mol. The molecule has 0 saturated carbocycles. The van der Waals surface area contributed by atoms with Gasteiger partial charge in [0.15, 0.2) is 0 Å². The van der Waals surface area contributed by atoms with Crippen molar-refractivity contribution in [3.8, 4) is 5.75 Å². The minimum atomic E-state index is 0.220. The Morgan fingerprint density at radius 1 is 1.29 bits per heavy atom. The van der Waals surface area contributed by atoms with Gasteiger partial charge in [-0.2, -0.15) is 0 Å². The number of benzene rings is 1. The van der Waals surface area contributed by atoms with E-state index >= 15 is 0 Å². The monoisotopic (exact) mass is 193 g/mol. The molecule has 0 radical (unpaired) electrons. The highest BCUT2D eigenvalue weighted by molar-refractivity contribution is 5.26. The van der Waals surface area contributed by atoms with Gasteiger partial charge >= 0.3 is 0 Å². The van der Waals surface area contributed by atoms with E-state index in [1.165, 1.54) is 5.56 Å². The summed E-state index contributed by atoms with van der Waals surface area (Å²) >= 11 is 0. The summed E-state index contributed by atoms with van der Waals surface area (Å²) in [5, 5.41) is 3.25. The highest BCUT2D eigenvalue weighted by atomic mass is 16.5. The smallest absolute Gasteiger partial charge is 0.119 e. The molecule has 0 saturated heterocycles. The Hall–Kier alpha value is -1.02. The molecule has 14 heavy (non-hydrogen) atoms. The number of nitrogens with one attached hydrogen (secondary N) is 1. The summed E-state index contributed by atoms with van der Waals surface area (Å²) in [6.45, 7) is 8.12. The Bertz CT molecular complexity index is 256. The van der Waals surface area contributed by atoms with E-state index in [1.54, 1.807) is 0 Å². The predicted octanol–water partition coefficient (Wildman–Crippen LogP) is 2.37.